The molecule has 0 spiro atoms. The van der Waals surface area contributed by atoms with Crippen LogP contribution < -0.4 is 4.74 Å². The Labute approximate surface area is 154 Å². The van der Waals surface area contributed by atoms with E-state index in [4.69, 9.17) is 9.15 Å². The first-order valence-electron chi connectivity index (χ1n) is 8.48. The van der Waals surface area contributed by atoms with Crippen molar-refractivity contribution in [1.29, 1.82) is 0 Å². The van der Waals surface area contributed by atoms with Gasteiger partial charge in [-0.1, -0.05) is 23.9 Å². The minimum absolute atomic E-state index is 0.0551. The maximum atomic E-state index is 12.5. The highest BCUT2D eigenvalue weighted by atomic mass is 32.2. The summed E-state index contributed by atoms with van der Waals surface area (Å²) in [4.78, 5) is 26.9. The van der Waals surface area contributed by atoms with Gasteiger partial charge in [-0.25, -0.2) is 15.0 Å². The molecule has 0 radical (unpaired) electrons. The van der Waals surface area contributed by atoms with Gasteiger partial charge in [0.2, 0.25) is 5.91 Å². The Morgan fingerprint density at radius 2 is 2.12 bits per heavy atom. The van der Waals surface area contributed by atoms with Crippen LogP contribution in [0, 0.1) is 0 Å². The number of hydrogen-bond acceptors (Lipinski definition) is 7. The molecule has 7 nitrogen and oxygen atoms in total. The number of amides is 1. The van der Waals surface area contributed by atoms with Crippen LogP contribution in [0.5, 0.6) is 6.01 Å². The molecule has 1 fully saturated rings. The SMILES string of the molecule is O=C(CSc1nc2ccccc2o1)N1CCCC(Oc2ncccn2)C1. The molecule has 1 atom stereocenters. The van der Waals surface area contributed by atoms with Gasteiger partial charge in [-0.15, -0.1) is 0 Å². The standard InChI is InChI=1S/C18H18N4O3S/c23-16(12-26-18-21-14-6-1-2-7-15(14)25-18)22-10-3-5-13(11-22)24-17-19-8-4-9-20-17/h1-2,4,6-9,13H,3,5,10-12H2. The second-order valence-corrected chi connectivity index (χ2v) is 6.92. The van der Waals surface area contributed by atoms with Gasteiger partial charge in [-0.2, -0.15) is 0 Å². The Morgan fingerprint density at radius 3 is 2.96 bits per heavy atom. The van der Waals surface area contributed by atoms with Gasteiger partial charge >= 0.3 is 6.01 Å². The maximum absolute atomic E-state index is 12.5. The number of aromatic nitrogens is 3. The number of piperidine rings is 1. The highest BCUT2D eigenvalue weighted by molar-refractivity contribution is 7.99. The fourth-order valence-corrected chi connectivity index (χ4v) is 3.62. The van der Waals surface area contributed by atoms with E-state index in [9.17, 15) is 4.79 Å². The zero-order chi connectivity index (χ0) is 17.8. The zero-order valence-corrected chi connectivity index (χ0v) is 14.9. The Morgan fingerprint density at radius 1 is 1.27 bits per heavy atom. The van der Waals surface area contributed by atoms with Crippen LogP contribution in [0.4, 0.5) is 0 Å². The van der Waals surface area contributed by atoms with Gasteiger partial charge in [0.15, 0.2) is 5.58 Å². The first-order chi connectivity index (χ1) is 12.8. The summed E-state index contributed by atoms with van der Waals surface area (Å²) >= 11 is 1.32. The van der Waals surface area contributed by atoms with Crippen molar-refractivity contribution >= 4 is 28.8 Å². The van der Waals surface area contributed by atoms with E-state index in [1.807, 2.05) is 29.2 Å². The molecule has 1 aliphatic rings. The number of rotatable bonds is 5. The lowest BCUT2D eigenvalue weighted by atomic mass is 10.1. The quantitative estimate of drug-likeness (QED) is 0.639. The number of nitrogens with zero attached hydrogens (tertiary/aromatic N) is 4. The van der Waals surface area contributed by atoms with Crippen molar-refractivity contribution in [1.82, 2.24) is 19.9 Å². The van der Waals surface area contributed by atoms with Crippen LogP contribution >= 0.6 is 11.8 Å². The molecule has 2 aromatic heterocycles. The maximum Gasteiger partial charge on any atom is 0.316 e. The van der Waals surface area contributed by atoms with Crippen molar-refractivity contribution < 1.29 is 13.9 Å². The molecule has 26 heavy (non-hydrogen) atoms. The van der Waals surface area contributed by atoms with E-state index in [1.165, 1.54) is 11.8 Å². The molecule has 8 heteroatoms. The van der Waals surface area contributed by atoms with Crippen LogP contribution in [0.2, 0.25) is 0 Å². The number of likely N-dealkylation sites (tertiary alicyclic amines) is 1. The Hall–Kier alpha value is -2.61. The fourth-order valence-electron chi connectivity index (χ4n) is 2.88. The smallest absolute Gasteiger partial charge is 0.316 e. The molecular weight excluding hydrogens is 352 g/mol. The molecule has 1 unspecified atom stereocenters. The molecule has 0 aliphatic carbocycles. The summed E-state index contributed by atoms with van der Waals surface area (Å²) in [5.74, 6) is 0.348. The van der Waals surface area contributed by atoms with E-state index in [2.05, 4.69) is 15.0 Å². The molecule has 4 rings (SSSR count). The summed E-state index contributed by atoms with van der Waals surface area (Å²) in [6, 6.07) is 9.67. The van der Waals surface area contributed by atoms with Gasteiger partial charge in [-0.3, -0.25) is 4.79 Å². The van der Waals surface area contributed by atoms with E-state index >= 15 is 0 Å². The number of fused-ring (bicyclic) bond motifs is 1. The average Bonchev–Trinajstić information content (AvgIpc) is 3.10. The molecule has 3 aromatic rings. The van der Waals surface area contributed by atoms with E-state index in [-0.39, 0.29) is 12.0 Å². The molecule has 0 N–H and O–H groups in total. The number of ether oxygens (including phenoxy) is 1. The zero-order valence-electron chi connectivity index (χ0n) is 14.1. The molecule has 1 aliphatic heterocycles. The number of hydrogen-bond donors (Lipinski definition) is 0. The number of benzene rings is 1. The van der Waals surface area contributed by atoms with Crippen molar-refractivity contribution in [2.45, 2.75) is 24.2 Å². The Bertz CT molecular complexity index is 853. The van der Waals surface area contributed by atoms with Crippen LogP contribution in [0.15, 0.2) is 52.4 Å². The summed E-state index contributed by atoms with van der Waals surface area (Å²) in [5, 5.41) is 0.516. The number of oxazole rings is 1. The third-order valence-corrected chi connectivity index (χ3v) is 4.95. The van der Waals surface area contributed by atoms with Gasteiger partial charge < -0.3 is 14.1 Å². The third kappa shape index (κ3) is 3.96. The number of thioether (sulfide) groups is 1. The van der Waals surface area contributed by atoms with E-state index in [0.29, 0.717) is 23.5 Å². The first kappa shape index (κ1) is 16.8. The number of carbonyl (C=O) groups is 1. The predicted octanol–water partition coefficient (Wildman–Crippen LogP) is 2.78. The molecular formula is C18H18N4O3S. The van der Waals surface area contributed by atoms with Crippen LogP contribution in [-0.2, 0) is 4.79 Å². The minimum Gasteiger partial charge on any atom is -0.458 e. The Kier molecular flexibility index (Phi) is 5.01. The lowest BCUT2D eigenvalue weighted by molar-refractivity contribution is -0.131. The van der Waals surface area contributed by atoms with Gasteiger partial charge in [-0.05, 0) is 31.0 Å². The molecule has 1 saturated heterocycles. The van der Waals surface area contributed by atoms with Gasteiger partial charge in [0.25, 0.3) is 5.22 Å². The fraction of sp³-hybridized carbons (Fsp3) is 0.333. The van der Waals surface area contributed by atoms with Crippen molar-refractivity contribution in [2.75, 3.05) is 18.8 Å². The number of carbonyl (C=O) groups excluding carboxylic acids is 1. The van der Waals surface area contributed by atoms with E-state index < -0.39 is 0 Å². The predicted molar refractivity (Wildman–Crippen MR) is 97.0 cm³/mol. The third-order valence-electron chi connectivity index (χ3n) is 4.14. The lowest BCUT2D eigenvalue weighted by Crippen LogP contribution is -2.45. The molecule has 1 aromatic carbocycles. The molecule has 1 amide bonds. The number of para-hydroxylation sites is 2. The van der Waals surface area contributed by atoms with Crippen LogP contribution in [0.3, 0.4) is 0 Å². The highest BCUT2D eigenvalue weighted by Gasteiger charge is 2.25. The van der Waals surface area contributed by atoms with E-state index in [0.717, 1.165) is 30.5 Å². The van der Waals surface area contributed by atoms with Gasteiger partial charge in [0.05, 0.1) is 12.3 Å². The normalized spacial score (nSPS) is 17.4. The largest absolute Gasteiger partial charge is 0.458 e. The Balaban J connectivity index is 1.32. The van der Waals surface area contributed by atoms with Gasteiger partial charge in [0.1, 0.15) is 11.6 Å². The lowest BCUT2D eigenvalue weighted by Gasteiger charge is -2.32. The van der Waals surface area contributed by atoms with E-state index in [1.54, 1.807) is 18.5 Å². The van der Waals surface area contributed by atoms with Crippen LogP contribution in [0.1, 0.15) is 12.8 Å². The second-order valence-electron chi connectivity index (χ2n) is 5.99. The summed E-state index contributed by atoms with van der Waals surface area (Å²) in [6.45, 7) is 1.29. The van der Waals surface area contributed by atoms with Crippen molar-refractivity contribution in [2.24, 2.45) is 0 Å². The summed E-state index contributed by atoms with van der Waals surface area (Å²) in [6.07, 6.45) is 5.00. The summed E-state index contributed by atoms with van der Waals surface area (Å²) in [7, 11) is 0. The summed E-state index contributed by atoms with van der Waals surface area (Å²) < 4.78 is 11.4. The molecule has 3 heterocycles. The molecule has 0 bridgehead atoms. The first-order valence-corrected chi connectivity index (χ1v) is 9.46. The topological polar surface area (TPSA) is 81.4 Å². The summed E-state index contributed by atoms with van der Waals surface area (Å²) in [5.41, 5.74) is 1.54. The van der Waals surface area contributed by atoms with Crippen molar-refractivity contribution in [3.05, 3.63) is 42.7 Å². The minimum atomic E-state index is -0.0792. The monoisotopic (exact) mass is 370 g/mol. The average molecular weight is 370 g/mol. The highest BCUT2D eigenvalue weighted by Crippen LogP contribution is 2.24. The second kappa shape index (κ2) is 7.74. The molecule has 134 valence electrons. The van der Waals surface area contributed by atoms with Crippen LogP contribution in [-0.4, -0.2) is 50.7 Å². The van der Waals surface area contributed by atoms with Gasteiger partial charge in [0, 0.05) is 18.9 Å². The van der Waals surface area contributed by atoms with Crippen LogP contribution in [0.25, 0.3) is 11.1 Å². The van der Waals surface area contributed by atoms with Crippen molar-refractivity contribution in [3.8, 4) is 6.01 Å². The molecule has 0 saturated carbocycles. The van der Waals surface area contributed by atoms with Crippen molar-refractivity contribution in [3.63, 3.8) is 0 Å².